The van der Waals surface area contributed by atoms with Crippen molar-refractivity contribution in [1.29, 1.82) is 0 Å². The number of primary amides is 1. The van der Waals surface area contributed by atoms with E-state index in [1.165, 1.54) is 12.3 Å². The molecule has 0 fully saturated rings. The molecule has 2 amide bonds. The first-order valence-corrected chi connectivity index (χ1v) is 6.72. The van der Waals surface area contributed by atoms with Gasteiger partial charge in [-0.25, -0.2) is 4.98 Å². The summed E-state index contributed by atoms with van der Waals surface area (Å²) in [6.45, 7) is 0.962. The van der Waals surface area contributed by atoms with Gasteiger partial charge < -0.3 is 20.4 Å². The van der Waals surface area contributed by atoms with Crippen LogP contribution in [-0.4, -0.2) is 54.0 Å². The monoisotopic (exact) mass is 302 g/mol. The number of nitrogens with one attached hydrogen (secondary N) is 1. The van der Waals surface area contributed by atoms with Crippen LogP contribution < -0.4 is 5.73 Å². The summed E-state index contributed by atoms with van der Waals surface area (Å²) in [5, 5.41) is 0.753. The standard InChI is InChI=1S/C15H18N4O3/c1-19(5-6-22-2)15(21)11-7-12-10(3-4-13(16)20)8-17-14(12)18-9-11/h3-4,7-9H,5-6H2,1-2H3,(H2,16,20)(H,17,18). The zero-order chi connectivity index (χ0) is 16.1. The van der Waals surface area contributed by atoms with E-state index in [9.17, 15) is 9.59 Å². The maximum atomic E-state index is 12.3. The smallest absolute Gasteiger partial charge is 0.255 e. The highest BCUT2D eigenvalue weighted by molar-refractivity contribution is 5.99. The van der Waals surface area contributed by atoms with Crippen LogP contribution in [0.2, 0.25) is 0 Å². The summed E-state index contributed by atoms with van der Waals surface area (Å²) in [4.78, 5) is 31.9. The highest BCUT2D eigenvalue weighted by Gasteiger charge is 2.14. The average molecular weight is 302 g/mol. The Morgan fingerprint density at radius 1 is 1.50 bits per heavy atom. The third-order valence-corrected chi connectivity index (χ3v) is 3.21. The summed E-state index contributed by atoms with van der Waals surface area (Å²) < 4.78 is 4.96. The van der Waals surface area contributed by atoms with Gasteiger partial charge in [0.2, 0.25) is 5.91 Å². The lowest BCUT2D eigenvalue weighted by atomic mass is 10.1. The van der Waals surface area contributed by atoms with Crippen LogP contribution in [0.3, 0.4) is 0 Å². The Hall–Kier alpha value is -2.67. The normalized spacial score (nSPS) is 11.2. The number of ether oxygens (including phenoxy) is 1. The number of likely N-dealkylation sites (N-methyl/N-ethyl adjacent to an activating group) is 1. The number of nitrogens with zero attached hydrogens (tertiary/aromatic N) is 2. The Bertz CT molecular complexity index is 721. The highest BCUT2D eigenvalue weighted by atomic mass is 16.5. The molecule has 7 heteroatoms. The van der Waals surface area contributed by atoms with E-state index in [-0.39, 0.29) is 5.91 Å². The number of amides is 2. The third-order valence-electron chi connectivity index (χ3n) is 3.21. The molecule has 116 valence electrons. The van der Waals surface area contributed by atoms with E-state index in [0.29, 0.717) is 24.4 Å². The maximum absolute atomic E-state index is 12.3. The van der Waals surface area contributed by atoms with Crippen LogP contribution in [0.4, 0.5) is 0 Å². The molecule has 0 radical (unpaired) electrons. The molecule has 7 nitrogen and oxygen atoms in total. The lowest BCUT2D eigenvalue weighted by molar-refractivity contribution is -0.113. The number of nitrogens with two attached hydrogens (primary N) is 1. The number of fused-ring (bicyclic) bond motifs is 1. The molecule has 2 rings (SSSR count). The van der Waals surface area contributed by atoms with Gasteiger partial charge in [0.1, 0.15) is 5.65 Å². The van der Waals surface area contributed by atoms with Crippen LogP contribution in [0.5, 0.6) is 0 Å². The number of aromatic amines is 1. The van der Waals surface area contributed by atoms with Gasteiger partial charge >= 0.3 is 0 Å². The van der Waals surface area contributed by atoms with E-state index >= 15 is 0 Å². The Balaban J connectivity index is 2.30. The second kappa shape index (κ2) is 6.86. The van der Waals surface area contributed by atoms with Gasteiger partial charge in [-0.05, 0) is 12.1 Å². The van der Waals surface area contributed by atoms with Crippen molar-refractivity contribution in [1.82, 2.24) is 14.9 Å². The summed E-state index contributed by atoms with van der Waals surface area (Å²) in [5.74, 6) is -0.675. The van der Waals surface area contributed by atoms with E-state index in [2.05, 4.69) is 9.97 Å². The molecule has 0 atom stereocenters. The minimum Gasteiger partial charge on any atom is -0.383 e. The first-order valence-electron chi connectivity index (χ1n) is 6.72. The quantitative estimate of drug-likeness (QED) is 0.770. The fourth-order valence-corrected chi connectivity index (χ4v) is 2.00. The van der Waals surface area contributed by atoms with Gasteiger partial charge in [-0.2, -0.15) is 0 Å². The zero-order valence-electron chi connectivity index (χ0n) is 12.5. The van der Waals surface area contributed by atoms with Crippen LogP contribution >= 0.6 is 0 Å². The molecule has 0 aliphatic carbocycles. The van der Waals surface area contributed by atoms with E-state index in [0.717, 1.165) is 10.9 Å². The van der Waals surface area contributed by atoms with Crippen molar-refractivity contribution >= 4 is 28.9 Å². The second-order valence-corrected chi connectivity index (χ2v) is 4.82. The minimum absolute atomic E-state index is 0.141. The first kappa shape index (κ1) is 15.7. The van der Waals surface area contributed by atoms with E-state index in [4.69, 9.17) is 10.5 Å². The maximum Gasteiger partial charge on any atom is 0.255 e. The average Bonchev–Trinajstić information content (AvgIpc) is 2.92. The summed E-state index contributed by atoms with van der Waals surface area (Å²) in [7, 11) is 3.29. The van der Waals surface area contributed by atoms with Crippen molar-refractivity contribution < 1.29 is 14.3 Å². The van der Waals surface area contributed by atoms with Crippen molar-refractivity contribution in [3.05, 3.63) is 35.7 Å². The van der Waals surface area contributed by atoms with Gasteiger partial charge in [-0.3, -0.25) is 9.59 Å². The Labute approximate surface area is 127 Å². The Kier molecular flexibility index (Phi) is 4.90. The van der Waals surface area contributed by atoms with E-state index in [1.807, 2.05) is 0 Å². The SMILES string of the molecule is COCCN(C)C(=O)c1cnc2[nH]cc(C=CC(N)=O)c2c1. The van der Waals surface area contributed by atoms with Crippen molar-refractivity contribution in [2.24, 2.45) is 5.73 Å². The molecule has 0 aromatic carbocycles. The lowest BCUT2D eigenvalue weighted by Gasteiger charge is -2.16. The lowest BCUT2D eigenvalue weighted by Crippen LogP contribution is -2.30. The van der Waals surface area contributed by atoms with Crippen LogP contribution in [0, 0.1) is 0 Å². The van der Waals surface area contributed by atoms with Gasteiger partial charge in [0.25, 0.3) is 5.91 Å². The molecule has 0 saturated carbocycles. The fourth-order valence-electron chi connectivity index (χ4n) is 2.00. The summed E-state index contributed by atoms with van der Waals surface area (Å²) in [6, 6.07) is 1.74. The van der Waals surface area contributed by atoms with Crippen molar-refractivity contribution in [3.8, 4) is 0 Å². The summed E-state index contributed by atoms with van der Waals surface area (Å²) >= 11 is 0. The Morgan fingerprint density at radius 3 is 2.95 bits per heavy atom. The topological polar surface area (TPSA) is 101 Å². The van der Waals surface area contributed by atoms with E-state index in [1.54, 1.807) is 37.4 Å². The van der Waals surface area contributed by atoms with Gasteiger partial charge in [0.05, 0.1) is 12.2 Å². The Morgan fingerprint density at radius 2 is 2.27 bits per heavy atom. The third kappa shape index (κ3) is 3.50. The number of H-pyrrole nitrogens is 1. The molecule has 2 aromatic rings. The highest BCUT2D eigenvalue weighted by Crippen LogP contribution is 2.19. The zero-order valence-corrected chi connectivity index (χ0v) is 12.5. The molecule has 22 heavy (non-hydrogen) atoms. The molecular weight excluding hydrogens is 284 g/mol. The largest absolute Gasteiger partial charge is 0.383 e. The molecule has 2 heterocycles. The number of hydrogen-bond donors (Lipinski definition) is 2. The van der Waals surface area contributed by atoms with Gasteiger partial charge in [0.15, 0.2) is 0 Å². The van der Waals surface area contributed by atoms with Gasteiger partial charge in [-0.15, -0.1) is 0 Å². The number of methoxy groups -OCH3 is 1. The number of pyridine rings is 1. The van der Waals surface area contributed by atoms with Gasteiger partial charge in [0, 0.05) is 50.1 Å². The van der Waals surface area contributed by atoms with Crippen LogP contribution in [-0.2, 0) is 9.53 Å². The molecule has 3 N–H and O–H groups in total. The molecule has 0 aliphatic heterocycles. The van der Waals surface area contributed by atoms with Crippen LogP contribution in [0.1, 0.15) is 15.9 Å². The molecule has 0 saturated heterocycles. The number of carbonyl (C=O) groups is 2. The van der Waals surface area contributed by atoms with E-state index < -0.39 is 5.91 Å². The first-order chi connectivity index (χ1) is 10.5. The second-order valence-electron chi connectivity index (χ2n) is 4.82. The number of aromatic nitrogens is 2. The van der Waals surface area contributed by atoms with Gasteiger partial charge in [-0.1, -0.05) is 0 Å². The molecule has 0 aliphatic rings. The minimum atomic E-state index is -0.533. The number of hydrogen-bond acceptors (Lipinski definition) is 4. The molecular formula is C15H18N4O3. The van der Waals surface area contributed by atoms with Crippen molar-refractivity contribution in [2.45, 2.75) is 0 Å². The number of carbonyl (C=O) groups excluding carboxylic acids is 2. The van der Waals surface area contributed by atoms with Crippen LogP contribution in [0.15, 0.2) is 24.5 Å². The fraction of sp³-hybridized carbons (Fsp3) is 0.267. The van der Waals surface area contributed by atoms with Crippen molar-refractivity contribution in [3.63, 3.8) is 0 Å². The van der Waals surface area contributed by atoms with Crippen molar-refractivity contribution in [2.75, 3.05) is 27.3 Å². The molecule has 0 spiro atoms. The summed E-state index contributed by atoms with van der Waals surface area (Å²) in [5.41, 5.74) is 6.95. The van der Waals surface area contributed by atoms with Crippen LogP contribution in [0.25, 0.3) is 17.1 Å². The number of rotatable bonds is 6. The predicted octanol–water partition coefficient (Wildman–Crippen LogP) is 0.780. The molecule has 0 bridgehead atoms. The molecule has 2 aromatic heterocycles. The predicted molar refractivity (Wildman–Crippen MR) is 83.2 cm³/mol. The molecule has 0 unspecified atom stereocenters. The summed E-state index contributed by atoms with van der Waals surface area (Å²) in [6.07, 6.45) is 6.08.